The van der Waals surface area contributed by atoms with Crippen LogP contribution in [0.15, 0.2) is 218 Å². The third-order valence-electron chi connectivity index (χ3n) is 18.0. The summed E-state index contributed by atoms with van der Waals surface area (Å²) in [5.41, 5.74) is 35.2. The third-order valence-corrected chi connectivity index (χ3v) is 20.6. The van der Waals surface area contributed by atoms with Crippen molar-refractivity contribution in [2.75, 3.05) is 0 Å². The van der Waals surface area contributed by atoms with Gasteiger partial charge in [-0.15, -0.1) is 16.4 Å². The molecule has 4 nitrogen and oxygen atoms in total. The molecule has 6 heteroatoms. The molecule has 81 heavy (non-hydrogen) atoms. The number of benzene rings is 8. The molecule has 0 amide bonds. The molecule has 388 valence electrons. The number of aromatic nitrogens is 4. The molecule has 6 aromatic heterocycles. The Labute approximate surface area is 475 Å². The standard InChI is InChI=1S/C75H58N4P2/c1-42-23-25-48(26-24-42)72-69(65-53-21-13-11-19-51(53)55-28-30-58(74-45(4)35-39-80-74)67(64(55)65)75-46(5)36-40-81-75)68-59(78-72)32-31-57(73(68)79-60-22-14-9-17-49(60)41-61(79)47-15-7-6-8-16-47)62-52-20-12-10-18-50(52)54-27-29-56(70-43(2)33-37-76-70)66(63(54)62)71-44(3)34-38-77-71/h6-41,62,65,76-78,80-81H,1-5H3. The highest BCUT2D eigenvalue weighted by Gasteiger charge is 2.42. The second-order valence-electron chi connectivity index (χ2n) is 22.6. The number of para-hydroxylation sites is 1. The van der Waals surface area contributed by atoms with Crippen LogP contribution in [0.4, 0.5) is 0 Å². The molecule has 0 bridgehead atoms. The van der Waals surface area contributed by atoms with Crippen molar-refractivity contribution < 1.29 is 0 Å². The molecule has 0 fully saturated rings. The summed E-state index contributed by atoms with van der Waals surface area (Å²) in [6.45, 7) is 11.3. The van der Waals surface area contributed by atoms with E-state index >= 15 is 0 Å². The van der Waals surface area contributed by atoms with Gasteiger partial charge in [-0.1, -0.05) is 169 Å². The fourth-order valence-corrected chi connectivity index (χ4v) is 16.7. The normalized spacial score (nSPS) is 14.4. The Morgan fingerprint density at radius 1 is 0.407 bits per heavy atom. The zero-order valence-corrected chi connectivity index (χ0v) is 47.9. The van der Waals surface area contributed by atoms with Gasteiger partial charge in [-0.3, -0.25) is 0 Å². The van der Waals surface area contributed by atoms with Gasteiger partial charge >= 0.3 is 0 Å². The van der Waals surface area contributed by atoms with Crippen LogP contribution in [0, 0.1) is 34.6 Å². The maximum absolute atomic E-state index is 4.29. The van der Waals surface area contributed by atoms with E-state index in [0.717, 1.165) is 28.3 Å². The molecule has 8 aromatic carbocycles. The number of nitrogens with one attached hydrogen (secondary N) is 3. The molecule has 2 aliphatic rings. The summed E-state index contributed by atoms with van der Waals surface area (Å²) in [7, 11) is 1.19. The molecule has 2 aliphatic carbocycles. The molecule has 16 rings (SSSR count). The van der Waals surface area contributed by atoms with E-state index in [1.165, 1.54) is 149 Å². The average molecular weight is 1080 g/mol. The van der Waals surface area contributed by atoms with E-state index in [9.17, 15) is 0 Å². The van der Waals surface area contributed by atoms with Crippen LogP contribution >= 0.6 is 16.4 Å². The van der Waals surface area contributed by atoms with Crippen molar-refractivity contribution in [1.82, 2.24) is 19.5 Å². The second-order valence-corrected chi connectivity index (χ2v) is 24.8. The van der Waals surface area contributed by atoms with E-state index in [1.54, 1.807) is 0 Å². The predicted octanol–water partition coefficient (Wildman–Crippen LogP) is 20.7. The van der Waals surface area contributed by atoms with Crippen molar-refractivity contribution in [3.63, 3.8) is 0 Å². The van der Waals surface area contributed by atoms with Crippen LogP contribution in [-0.4, -0.2) is 19.5 Å². The fraction of sp³-hybridized carbons (Fsp3) is 0.0933. The first-order chi connectivity index (χ1) is 39.8. The molecular weight excluding hydrogens is 1020 g/mol. The average Bonchev–Trinajstić information content (AvgIpc) is 4.50. The summed E-state index contributed by atoms with van der Waals surface area (Å²) in [6.07, 6.45) is 4.19. The topological polar surface area (TPSA) is 52.3 Å². The SMILES string of the molecule is Cc1ccc(-c2[nH]c3ccc(C4c5ccccc5-c5ccc(-c6[nH]ccc6C)c(-c6[nH]ccc6C)c54)c(-n4c(-c5ccccc5)cc5ccccc54)c3c2C2c3ccccc3-c3ccc(-c4[pH]ccc4C)c(-c4[pH]ccc4C)c32)cc1. The van der Waals surface area contributed by atoms with E-state index in [2.05, 4.69) is 272 Å². The monoisotopic (exact) mass is 1080 g/mol. The Bertz CT molecular complexity index is 4830. The summed E-state index contributed by atoms with van der Waals surface area (Å²) >= 11 is 0. The quantitative estimate of drug-likeness (QED) is 0.129. The van der Waals surface area contributed by atoms with Gasteiger partial charge in [0.25, 0.3) is 0 Å². The van der Waals surface area contributed by atoms with Gasteiger partial charge in [0.15, 0.2) is 0 Å². The molecular formula is C75H58N4P2. The molecule has 0 aliphatic heterocycles. The van der Waals surface area contributed by atoms with Crippen LogP contribution in [0.25, 0.3) is 116 Å². The van der Waals surface area contributed by atoms with E-state index in [1.807, 2.05) is 0 Å². The number of H-pyrrole nitrogens is 3. The van der Waals surface area contributed by atoms with Crippen LogP contribution in [0.3, 0.4) is 0 Å². The van der Waals surface area contributed by atoms with Crippen LogP contribution in [0.5, 0.6) is 0 Å². The molecule has 4 unspecified atom stereocenters. The van der Waals surface area contributed by atoms with Gasteiger partial charge in [-0.2, -0.15) is 0 Å². The van der Waals surface area contributed by atoms with Crippen molar-refractivity contribution in [1.29, 1.82) is 0 Å². The predicted molar refractivity (Wildman–Crippen MR) is 345 cm³/mol. The number of hydrogen-bond donors (Lipinski definition) is 3. The van der Waals surface area contributed by atoms with Crippen molar-refractivity contribution in [2.24, 2.45) is 0 Å². The van der Waals surface area contributed by atoms with Crippen LogP contribution in [0.2, 0.25) is 0 Å². The minimum atomic E-state index is -0.173. The van der Waals surface area contributed by atoms with E-state index in [4.69, 9.17) is 0 Å². The van der Waals surface area contributed by atoms with E-state index < -0.39 is 0 Å². The number of fused-ring (bicyclic) bond motifs is 8. The van der Waals surface area contributed by atoms with Crippen molar-refractivity contribution >= 4 is 38.2 Å². The lowest BCUT2D eigenvalue weighted by Crippen LogP contribution is -2.11. The van der Waals surface area contributed by atoms with Gasteiger partial charge in [-0.05, 0) is 177 Å². The third kappa shape index (κ3) is 7.17. The van der Waals surface area contributed by atoms with Gasteiger partial charge in [0.2, 0.25) is 0 Å². The van der Waals surface area contributed by atoms with Crippen molar-refractivity contribution in [2.45, 2.75) is 46.5 Å². The number of nitrogens with zero attached hydrogens (tertiary/aromatic N) is 1. The Morgan fingerprint density at radius 2 is 1.01 bits per heavy atom. The lowest BCUT2D eigenvalue weighted by atomic mass is 9.79. The fourth-order valence-electron chi connectivity index (χ4n) is 14.3. The van der Waals surface area contributed by atoms with Crippen LogP contribution < -0.4 is 0 Å². The maximum atomic E-state index is 4.29. The molecule has 4 atom stereocenters. The molecule has 3 N–H and O–H groups in total. The lowest BCUT2D eigenvalue weighted by molar-refractivity contribution is 0.978. The Kier molecular flexibility index (Phi) is 11.0. The summed E-state index contributed by atoms with van der Waals surface area (Å²) in [4.78, 5) is 11.8. The zero-order valence-electron chi connectivity index (χ0n) is 45.9. The van der Waals surface area contributed by atoms with Crippen LogP contribution in [-0.2, 0) is 0 Å². The van der Waals surface area contributed by atoms with Gasteiger partial charge in [0.1, 0.15) is 0 Å². The molecule has 6 heterocycles. The lowest BCUT2D eigenvalue weighted by Gasteiger charge is -2.27. The van der Waals surface area contributed by atoms with Gasteiger partial charge in [0, 0.05) is 73.6 Å². The highest BCUT2D eigenvalue weighted by molar-refractivity contribution is 7.34. The first kappa shape index (κ1) is 47.9. The smallest absolute Gasteiger partial charge is 0.0600 e. The molecule has 0 saturated heterocycles. The number of hydrogen-bond acceptors (Lipinski definition) is 0. The first-order valence-electron chi connectivity index (χ1n) is 28.3. The number of aryl methyl sites for hydroxylation is 5. The second kappa shape index (κ2) is 18.5. The highest BCUT2D eigenvalue weighted by atomic mass is 31.0. The Hall–Kier alpha value is -9.04. The first-order valence-corrected chi connectivity index (χ1v) is 30.5. The number of rotatable bonds is 9. The maximum Gasteiger partial charge on any atom is 0.0600 e. The van der Waals surface area contributed by atoms with Crippen molar-refractivity contribution in [3.8, 4) is 94.7 Å². The summed E-state index contributed by atoms with van der Waals surface area (Å²) in [5.74, 6) is 4.47. The van der Waals surface area contributed by atoms with E-state index in [-0.39, 0.29) is 11.8 Å². The summed E-state index contributed by atoms with van der Waals surface area (Å²) < 4.78 is 2.66. The van der Waals surface area contributed by atoms with Gasteiger partial charge in [0.05, 0.1) is 22.6 Å². The minimum Gasteiger partial charge on any atom is -0.361 e. The largest absolute Gasteiger partial charge is 0.361 e. The highest BCUT2D eigenvalue weighted by Crippen LogP contribution is 2.61. The van der Waals surface area contributed by atoms with Crippen molar-refractivity contribution in [3.05, 3.63) is 279 Å². The summed E-state index contributed by atoms with van der Waals surface area (Å²) in [6, 6.07) is 74.1. The molecule has 0 radical (unpaired) electrons. The Morgan fingerprint density at radius 3 is 1.69 bits per heavy atom. The molecule has 14 aromatic rings. The summed E-state index contributed by atoms with van der Waals surface area (Å²) in [5, 5.41) is 5.34. The number of aromatic amines is 3. The molecule has 0 spiro atoms. The van der Waals surface area contributed by atoms with Gasteiger partial charge < -0.3 is 19.5 Å². The van der Waals surface area contributed by atoms with Crippen LogP contribution in [0.1, 0.15) is 73.0 Å². The molecule has 0 saturated carbocycles. The Balaban J connectivity index is 1.12. The van der Waals surface area contributed by atoms with Gasteiger partial charge in [-0.25, -0.2) is 0 Å². The minimum absolute atomic E-state index is 0.140. The van der Waals surface area contributed by atoms with E-state index in [0.29, 0.717) is 16.4 Å². The zero-order chi connectivity index (χ0) is 54.2.